The average molecular weight is 477 g/mol. The van der Waals surface area contributed by atoms with Gasteiger partial charge in [-0.05, 0) is 43.2 Å². The minimum Gasteiger partial charge on any atom is -0.452 e. The maximum atomic E-state index is 13.0. The van der Waals surface area contributed by atoms with Crippen molar-refractivity contribution in [3.63, 3.8) is 0 Å². The number of halogens is 3. The average Bonchev–Trinajstić information content (AvgIpc) is 3.13. The van der Waals surface area contributed by atoms with Crippen molar-refractivity contribution in [3.05, 3.63) is 70.4 Å². The van der Waals surface area contributed by atoms with Crippen LogP contribution in [-0.4, -0.2) is 39.1 Å². The first-order chi connectivity index (χ1) is 16.0. The molecule has 0 aliphatic carbocycles. The molecule has 1 heterocycles. The van der Waals surface area contributed by atoms with Crippen molar-refractivity contribution in [1.29, 1.82) is 0 Å². The van der Waals surface area contributed by atoms with E-state index in [1.165, 1.54) is 13.1 Å². The number of benzene rings is 2. The van der Waals surface area contributed by atoms with E-state index in [4.69, 9.17) is 9.47 Å². The van der Waals surface area contributed by atoms with Gasteiger partial charge in [-0.2, -0.15) is 13.2 Å². The topological polar surface area (TPSA) is 98.6 Å². The molecule has 0 spiro atoms. The number of nitrogens with one attached hydrogen (secondary N) is 1. The standard InChI is InChI=1S/C22H22F3N5O4/c1-13-8-9-15(14(2)10-13)12-30(21(32)33-4)27-19(31)18-20(26-28-29(18)3)34-17-7-5-6-16(11-17)22(23,24)25/h5-11H,12H2,1-4H3,(H,27,31). The second kappa shape index (κ2) is 9.81. The van der Waals surface area contributed by atoms with Gasteiger partial charge < -0.3 is 9.47 Å². The predicted molar refractivity (Wildman–Crippen MR) is 114 cm³/mol. The summed E-state index contributed by atoms with van der Waals surface area (Å²) < 4.78 is 50.3. The van der Waals surface area contributed by atoms with Crippen LogP contribution in [-0.2, 0) is 24.5 Å². The van der Waals surface area contributed by atoms with Crippen LogP contribution in [0.25, 0.3) is 0 Å². The molecular formula is C22H22F3N5O4. The molecule has 3 aromatic rings. The number of methoxy groups -OCH3 is 1. The van der Waals surface area contributed by atoms with E-state index in [0.717, 1.165) is 51.7 Å². The van der Waals surface area contributed by atoms with Crippen molar-refractivity contribution in [2.45, 2.75) is 26.6 Å². The second-order valence-corrected chi connectivity index (χ2v) is 7.42. The normalized spacial score (nSPS) is 11.1. The molecule has 1 N–H and O–H groups in total. The summed E-state index contributed by atoms with van der Waals surface area (Å²) in [5.74, 6) is -1.36. The Bertz CT molecular complexity index is 1210. The monoisotopic (exact) mass is 477 g/mol. The van der Waals surface area contributed by atoms with Crippen LogP contribution >= 0.6 is 0 Å². The molecule has 2 aromatic carbocycles. The number of hydrogen-bond donors (Lipinski definition) is 1. The number of nitrogens with zero attached hydrogens (tertiary/aromatic N) is 4. The van der Waals surface area contributed by atoms with Crippen molar-refractivity contribution in [2.75, 3.05) is 7.11 Å². The summed E-state index contributed by atoms with van der Waals surface area (Å²) in [7, 11) is 2.56. The molecule has 0 fully saturated rings. The molecule has 0 aliphatic rings. The molecule has 2 amide bonds. The van der Waals surface area contributed by atoms with Gasteiger partial charge in [0.2, 0.25) is 0 Å². The Balaban J connectivity index is 1.85. The van der Waals surface area contributed by atoms with Gasteiger partial charge in [-0.25, -0.2) is 14.5 Å². The highest BCUT2D eigenvalue weighted by atomic mass is 19.4. The van der Waals surface area contributed by atoms with Crippen molar-refractivity contribution < 1.29 is 32.2 Å². The summed E-state index contributed by atoms with van der Waals surface area (Å²) in [6, 6.07) is 9.73. The van der Waals surface area contributed by atoms with E-state index in [2.05, 4.69) is 15.7 Å². The Morgan fingerprint density at radius 3 is 2.53 bits per heavy atom. The van der Waals surface area contributed by atoms with Crippen LogP contribution in [0.2, 0.25) is 0 Å². The molecule has 3 rings (SSSR count). The molecule has 34 heavy (non-hydrogen) atoms. The van der Waals surface area contributed by atoms with Gasteiger partial charge >= 0.3 is 12.3 Å². The number of aryl methyl sites for hydroxylation is 3. The number of amides is 2. The zero-order valence-electron chi connectivity index (χ0n) is 18.8. The molecule has 9 nitrogen and oxygen atoms in total. The zero-order valence-corrected chi connectivity index (χ0v) is 18.8. The molecule has 0 saturated heterocycles. The Hall–Kier alpha value is -4.09. The van der Waals surface area contributed by atoms with Crippen LogP contribution in [0.3, 0.4) is 0 Å². The van der Waals surface area contributed by atoms with Gasteiger partial charge in [0.05, 0.1) is 19.2 Å². The third-order valence-electron chi connectivity index (χ3n) is 4.84. The molecule has 0 radical (unpaired) electrons. The Kier molecular flexibility index (Phi) is 7.08. The molecule has 0 bridgehead atoms. The van der Waals surface area contributed by atoms with Crippen LogP contribution in [0.4, 0.5) is 18.0 Å². The van der Waals surface area contributed by atoms with Gasteiger partial charge in [-0.3, -0.25) is 10.2 Å². The molecule has 0 saturated carbocycles. The van der Waals surface area contributed by atoms with Crippen molar-refractivity contribution in [3.8, 4) is 11.6 Å². The van der Waals surface area contributed by atoms with Crippen LogP contribution in [0.5, 0.6) is 11.6 Å². The van der Waals surface area contributed by atoms with E-state index in [1.54, 1.807) is 0 Å². The summed E-state index contributed by atoms with van der Waals surface area (Å²) >= 11 is 0. The van der Waals surface area contributed by atoms with Crippen molar-refractivity contribution in [2.24, 2.45) is 7.05 Å². The summed E-state index contributed by atoms with van der Waals surface area (Å²) in [4.78, 5) is 25.3. The number of hydrogen-bond acceptors (Lipinski definition) is 6. The number of carbonyl (C=O) groups is 2. The fourth-order valence-electron chi connectivity index (χ4n) is 3.13. The van der Waals surface area contributed by atoms with E-state index in [0.29, 0.717) is 0 Å². The van der Waals surface area contributed by atoms with E-state index in [9.17, 15) is 22.8 Å². The first kappa shape index (κ1) is 24.6. The summed E-state index contributed by atoms with van der Waals surface area (Å²) in [5.41, 5.74) is 3.98. The van der Waals surface area contributed by atoms with E-state index in [-0.39, 0.29) is 23.9 Å². The number of hydrazine groups is 1. The molecule has 1 aromatic heterocycles. The third-order valence-corrected chi connectivity index (χ3v) is 4.84. The first-order valence-electron chi connectivity index (χ1n) is 9.97. The van der Waals surface area contributed by atoms with E-state index in [1.807, 2.05) is 32.0 Å². The van der Waals surface area contributed by atoms with Gasteiger partial charge in [-0.15, -0.1) is 0 Å². The lowest BCUT2D eigenvalue weighted by atomic mass is 10.1. The summed E-state index contributed by atoms with van der Waals surface area (Å²) in [6.07, 6.45) is -5.40. The van der Waals surface area contributed by atoms with Crippen LogP contribution in [0, 0.1) is 13.8 Å². The summed E-state index contributed by atoms with van der Waals surface area (Å²) in [5, 5.41) is 8.39. The molecule has 12 heteroatoms. The predicted octanol–water partition coefficient (Wildman–Crippen LogP) is 4.16. The van der Waals surface area contributed by atoms with Gasteiger partial charge in [0, 0.05) is 7.05 Å². The number of carbonyl (C=O) groups excluding carboxylic acids is 2. The Labute approximate surface area is 193 Å². The quantitative estimate of drug-likeness (QED) is 0.555. The number of alkyl halides is 3. The fraction of sp³-hybridized carbons (Fsp3) is 0.273. The minimum atomic E-state index is -4.57. The number of aromatic nitrogens is 3. The molecule has 0 atom stereocenters. The van der Waals surface area contributed by atoms with Crippen LogP contribution in [0.1, 0.15) is 32.7 Å². The Morgan fingerprint density at radius 2 is 1.88 bits per heavy atom. The van der Waals surface area contributed by atoms with Crippen LogP contribution in [0.15, 0.2) is 42.5 Å². The van der Waals surface area contributed by atoms with Gasteiger partial charge in [0.25, 0.3) is 11.8 Å². The Morgan fingerprint density at radius 1 is 1.15 bits per heavy atom. The number of rotatable bonds is 5. The lowest BCUT2D eigenvalue weighted by molar-refractivity contribution is -0.137. The van der Waals surface area contributed by atoms with Crippen LogP contribution < -0.4 is 10.2 Å². The smallest absolute Gasteiger partial charge is 0.428 e. The fourth-order valence-corrected chi connectivity index (χ4v) is 3.13. The molecule has 0 aliphatic heterocycles. The van der Waals surface area contributed by atoms with E-state index < -0.39 is 23.7 Å². The largest absolute Gasteiger partial charge is 0.452 e. The van der Waals surface area contributed by atoms with Gasteiger partial charge in [0.1, 0.15) is 5.75 Å². The maximum absolute atomic E-state index is 13.0. The minimum absolute atomic E-state index is 0.000372. The highest BCUT2D eigenvalue weighted by Crippen LogP contribution is 2.32. The van der Waals surface area contributed by atoms with Crippen molar-refractivity contribution >= 4 is 12.0 Å². The lowest BCUT2D eigenvalue weighted by Gasteiger charge is -2.23. The summed E-state index contributed by atoms with van der Waals surface area (Å²) in [6.45, 7) is 3.79. The third kappa shape index (κ3) is 5.63. The lowest BCUT2D eigenvalue weighted by Crippen LogP contribution is -2.46. The van der Waals surface area contributed by atoms with Crippen molar-refractivity contribution in [1.82, 2.24) is 25.4 Å². The zero-order chi connectivity index (χ0) is 25.0. The SMILES string of the molecule is COC(=O)N(Cc1ccc(C)cc1C)NC(=O)c1c(Oc2cccc(C(F)(F)F)c2)nnn1C. The highest BCUT2D eigenvalue weighted by molar-refractivity contribution is 5.95. The maximum Gasteiger partial charge on any atom is 0.428 e. The molecule has 0 unspecified atom stereocenters. The first-order valence-corrected chi connectivity index (χ1v) is 9.97. The highest BCUT2D eigenvalue weighted by Gasteiger charge is 2.31. The van der Waals surface area contributed by atoms with E-state index >= 15 is 0 Å². The second-order valence-electron chi connectivity index (χ2n) is 7.42. The number of ether oxygens (including phenoxy) is 2. The van der Waals surface area contributed by atoms with Gasteiger partial charge in [-0.1, -0.05) is 40.1 Å². The molecular weight excluding hydrogens is 455 g/mol. The molecule has 180 valence electrons. The van der Waals surface area contributed by atoms with Gasteiger partial charge in [0.15, 0.2) is 5.69 Å².